The van der Waals surface area contributed by atoms with Crippen molar-refractivity contribution in [1.82, 2.24) is 0 Å². The molecule has 0 aliphatic heterocycles. The zero-order valence-corrected chi connectivity index (χ0v) is 25.6. The van der Waals surface area contributed by atoms with Gasteiger partial charge in [-0.3, -0.25) is 0 Å². The van der Waals surface area contributed by atoms with Gasteiger partial charge >= 0.3 is 0 Å². The fourth-order valence-electron chi connectivity index (χ4n) is 7.82. The van der Waals surface area contributed by atoms with Crippen LogP contribution in [0.5, 0.6) is 0 Å². The Morgan fingerprint density at radius 3 is 1.47 bits per heavy atom. The molecule has 10 aromatic rings. The van der Waals surface area contributed by atoms with E-state index >= 15 is 0 Å². The Morgan fingerprint density at radius 2 is 0.766 bits per heavy atom. The van der Waals surface area contributed by atoms with Gasteiger partial charge in [0.15, 0.2) is 0 Å². The molecule has 1 aromatic heterocycles. The summed E-state index contributed by atoms with van der Waals surface area (Å²) in [6, 6.07) is 61.5. The summed E-state index contributed by atoms with van der Waals surface area (Å²) >= 11 is 0. The average Bonchev–Trinajstić information content (AvgIpc) is 3.54. The lowest BCUT2D eigenvalue weighted by atomic mass is 9.84. The van der Waals surface area contributed by atoms with E-state index in [0.29, 0.717) is 0 Å². The third-order valence-corrected chi connectivity index (χ3v) is 9.86. The number of benzene rings is 9. The van der Waals surface area contributed by atoms with Gasteiger partial charge in [0.05, 0.1) is 0 Å². The highest BCUT2D eigenvalue weighted by Crippen LogP contribution is 2.48. The Kier molecular flexibility index (Phi) is 5.64. The number of hydrogen-bond acceptors (Lipinski definition) is 1. The van der Waals surface area contributed by atoms with Crippen molar-refractivity contribution < 1.29 is 4.42 Å². The number of rotatable bonds is 3. The second kappa shape index (κ2) is 10.2. The summed E-state index contributed by atoms with van der Waals surface area (Å²) in [7, 11) is 0. The summed E-state index contributed by atoms with van der Waals surface area (Å²) in [5.41, 5.74) is 9.23. The largest absolute Gasteiger partial charge is 0.456 e. The minimum atomic E-state index is 0.912. The van der Waals surface area contributed by atoms with E-state index in [1.165, 1.54) is 87.2 Å². The molecule has 1 nitrogen and oxygen atoms in total. The smallest absolute Gasteiger partial charge is 0.136 e. The summed E-state index contributed by atoms with van der Waals surface area (Å²) in [5, 5.41) is 12.3. The normalized spacial score (nSPS) is 11.8. The number of hydrogen-bond donors (Lipinski definition) is 0. The topological polar surface area (TPSA) is 13.1 Å². The van der Waals surface area contributed by atoms with Gasteiger partial charge in [-0.25, -0.2) is 0 Å². The van der Waals surface area contributed by atoms with Crippen LogP contribution in [0.3, 0.4) is 0 Å². The molecule has 0 unspecified atom stereocenters. The van der Waals surface area contributed by atoms with E-state index < -0.39 is 0 Å². The molecule has 0 aliphatic carbocycles. The highest BCUT2D eigenvalue weighted by molar-refractivity contribution is 6.28. The first-order valence-electron chi connectivity index (χ1n) is 16.2. The third-order valence-electron chi connectivity index (χ3n) is 9.86. The molecule has 0 bridgehead atoms. The molecule has 0 atom stereocenters. The van der Waals surface area contributed by atoms with Gasteiger partial charge < -0.3 is 4.42 Å². The van der Waals surface area contributed by atoms with Crippen LogP contribution >= 0.6 is 0 Å². The predicted octanol–water partition coefficient (Wildman–Crippen LogP) is 13.2. The van der Waals surface area contributed by atoms with Crippen molar-refractivity contribution in [3.63, 3.8) is 0 Å². The molecular formula is C46H28O. The van der Waals surface area contributed by atoms with E-state index in [4.69, 9.17) is 4.42 Å². The molecule has 0 fully saturated rings. The first-order chi connectivity index (χ1) is 23.3. The van der Waals surface area contributed by atoms with Crippen LogP contribution in [0.1, 0.15) is 0 Å². The maximum absolute atomic E-state index is 6.51. The second-order valence-electron chi connectivity index (χ2n) is 12.4. The lowest BCUT2D eigenvalue weighted by molar-refractivity contribution is 0.669. The minimum Gasteiger partial charge on any atom is -0.456 e. The summed E-state index contributed by atoms with van der Waals surface area (Å²) in [6.45, 7) is 0. The molecule has 0 N–H and O–H groups in total. The third kappa shape index (κ3) is 3.90. The molecule has 47 heavy (non-hydrogen) atoms. The molecule has 0 amide bonds. The molecular weight excluding hydrogens is 569 g/mol. The van der Waals surface area contributed by atoms with Gasteiger partial charge in [0.2, 0.25) is 0 Å². The first kappa shape index (κ1) is 26.1. The van der Waals surface area contributed by atoms with E-state index in [2.05, 4.69) is 170 Å². The van der Waals surface area contributed by atoms with Crippen molar-refractivity contribution in [1.29, 1.82) is 0 Å². The zero-order valence-electron chi connectivity index (χ0n) is 25.6. The van der Waals surface area contributed by atoms with Crippen molar-refractivity contribution in [2.24, 2.45) is 0 Å². The highest BCUT2D eigenvalue weighted by Gasteiger charge is 2.21. The number of fused-ring (bicyclic) bond motifs is 8. The monoisotopic (exact) mass is 596 g/mol. The van der Waals surface area contributed by atoms with Crippen LogP contribution < -0.4 is 0 Å². The highest BCUT2D eigenvalue weighted by atomic mass is 16.3. The molecule has 1 heterocycles. The van der Waals surface area contributed by atoms with Crippen molar-refractivity contribution in [3.8, 4) is 33.4 Å². The molecule has 0 saturated carbocycles. The van der Waals surface area contributed by atoms with E-state index in [9.17, 15) is 0 Å². The molecule has 0 spiro atoms. The summed E-state index contributed by atoms with van der Waals surface area (Å²) in [5.74, 6) is 0. The van der Waals surface area contributed by atoms with Crippen molar-refractivity contribution >= 4 is 65.0 Å². The van der Waals surface area contributed by atoms with E-state index in [1.54, 1.807) is 0 Å². The van der Waals surface area contributed by atoms with Crippen LogP contribution in [0.2, 0.25) is 0 Å². The fraction of sp³-hybridized carbons (Fsp3) is 0. The molecule has 1 heteroatoms. The van der Waals surface area contributed by atoms with Crippen molar-refractivity contribution in [2.75, 3.05) is 0 Å². The van der Waals surface area contributed by atoms with Crippen LogP contribution in [-0.2, 0) is 0 Å². The van der Waals surface area contributed by atoms with Crippen LogP contribution in [0.4, 0.5) is 0 Å². The maximum atomic E-state index is 6.51. The van der Waals surface area contributed by atoms with Gasteiger partial charge in [0, 0.05) is 10.8 Å². The lowest BCUT2D eigenvalue weighted by Crippen LogP contribution is -1.91. The van der Waals surface area contributed by atoms with E-state index in [1.807, 2.05) is 0 Å². The van der Waals surface area contributed by atoms with Crippen molar-refractivity contribution in [3.05, 3.63) is 170 Å². The SMILES string of the molecule is c1ccc2c(-c3ccc(-c4c5ccccc5c(-c5cccc6oc7ccc8ccccc8c7c56)c5ccccc45)cc3)cccc2c1. The van der Waals surface area contributed by atoms with Crippen molar-refractivity contribution in [2.45, 2.75) is 0 Å². The summed E-state index contributed by atoms with van der Waals surface area (Å²) in [4.78, 5) is 0. The minimum absolute atomic E-state index is 0.912. The Labute approximate surface area is 271 Å². The summed E-state index contributed by atoms with van der Waals surface area (Å²) < 4.78 is 6.51. The van der Waals surface area contributed by atoms with E-state index in [0.717, 1.165) is 11.2 Å². The summed E-state index contributed by atoms with van der Waals surface area (Å²) in [6.07, 6.45) is 0. The van der Waals surface area contributed by atoms with Gasteiger partial charge in [-0.05, 0) is 88.6 Å². The standard InChI is InChI=1S/C46H28O/c1-3-14-33-29(11-1)13-9-20-34(33)31-23-25-32(26-24-31)43-36-16-5-7-18-38(36)44(39-19-8-6-17-37(39)43)40-21-10-22-41-46(40)45-35-15-4-2-12-30(35)27-28-42(45)47-41/h1-28H. The molecule has 10 rings (SSSR count). The van der Waals surface area contributed by atoms with Gasteiger partial charge in [0.1, 0.15) is 11.2 Å². The Bertz CT molecular complexity index is 2770. The first-order valence-corrected chi connectivity index (χ1v) is 16.2. The number of furan rings is 1. The van der Waals surface area contributed by atoms with Crippen LogP contribution in [0.15, 0.2) is 174 Å². The van der Waals surface area contributed by atoms with Crippen LogP contribution in [0, 0.1) is 0 Å². The molecule has 218 valence electrons. The van der Waals surface area contributed by atoms with Gasteiger partial charge in [0.25, 0.3) is 0 Å². The van der Waals surface area contributed by atoms with Crippen LogP contribution in [-0.4, -0.2) is 0 Å². The van der Waals surface area contributed by atoms with Gasteiger partial charge in [-0.2, -0.15) is 0 Å². The molecule has 0 saturated heterocycles. The van der Waals surface area contributed by atoms with E-state index in [-0.39, 0.29) is 0 Å². The quantitative estimate of drug-likeness (QED) is 0.185. The fourth-order valence-corrected chi connectivity index (χ4v) is 7.82. The Balaban J connectivity index is 1.25. The zero-order chi connectivity index (χ0) is 30.9. The average molecular weight is 597 g/mol. The molecule has 0 radical (unpaired) electrons. The lowest BCUT2D eigenvalue weighted by Gasteiger charge is -2.18. The molecule has 9 aromatic carbocycles. The second-order valence-corrected chi connectivity index (χ2v) is 12.4. The Hall–Kier alpha value is -6.18. The van der Waals surface area contributed by atoms with Gasteiger partial charge in [-0.1, -0.05) is 158 Å². The predicted molar refractivity (Wildman–Crippen MR) is 200 cm³/mol. The van der Waals surface area contributed by atoms with Gasteiger partial charge in [-0.15, -0.1) is 0 Å². The maximum Gasteiger partial charge on any atom is 0.136 e. The van der Waals surface area contributed by atoms with Crippen LogP contribution in [0.25, 0.3) is 98.4 Å². The Morgan fingerprint density at radius 1 is 0.277 bits per heavy atom. The molecule has 0 aliphatic rings.